The number of hydrogen-bond acceptors (Lipinski definition) is 5. The van der Waals surface area contributed by atoms with Gasteiger partial charge in [-0.2, -0.15) is 4.98 Å². The van der Waals surface area contributed by atoms with Gasteiger partial charge in [-0.05, 0) is 25.2 Å². The highest BCUT2D eigenvalue weighted by Gasteiger charge is 2.30. The fourth-order valence-electron chi connectivity index (χ4n) is 2.81. The third-order valence-electron chi connectivity index (χ3n) is 3.49. The molecule has 2 rings (SSSR count). The second-order valence-corrected chi connectivity index (χ2v) is 6.00. The highest BCUT2D eigenvalue weighted by atomic mass is 16.5. The fourth-order valence-corrected chi connectivity index (χ4v) is 2.81. The Labute approximate surface area is 115 Å². The molecule has 1 fully saturated rings. The summed E-state index contributed by atoms with van der Waals surface area (Å²) in [5.74, 6) is 2.79. The monoisotopic (exact) mass is 267 g/mol. The first-order valence-corrected chi connectivity index (χ1v) is 7.18. The molecular formula is C14H25N3O2. The zero-order chi connectivity index (χ0) is 13.8. The molecule has 0 radical (unpaired) electrons. The number of morpholine rings is 1. The van der Waals surface area contributed by atoms with Gasteiger partial charge in [-0.1, -0.05) is 25.9 Å². The molecule has 108 valence electrons. The van der Waals surface area contributed by atoms with Crippen molar-refractivity contribution in [3.05, 3.63) is 11.7 Å². The van der Waals surface area contributed by atoms with Crippen LogP contribution in [0.15, 0.2) is 4.52 Å². The standard InChI is InChI=1S/C14H25N3O2/c1-10(2)7-11(3)8-17-5-6-18-9-13(17)14-15-12(4)16-19-14/h10-11,13H,5-9H2,1-4H3/t11-,13+/m0/s1. The molecule has 1 aliphatic heterocycles. The minimum atomic E-state index is 0.115. The smallest absolute Gasteiger partial charge is 0.246 e. The molecule has 0 unspecified atom stereocenters. The minimum absolute atomic E-state index is 0.115. The summed E-state index contributed by atoms with van der Waals surface area (Å²) < 4.78 is 10.9. The summed E-state index contributed by atoms with van der Waals surface area (Å²) in [6.45, 7) is 12.1. The Balaban J connectivity index is 2.00. The molecular weight excluding hydrogens is 242 g/mol. The first kappa shape index (κ1) is 14.5. The summed E-state index contributed by atoms with van der Waals surface area (Å²) >= 11 is 0. The van der Waals surface area contributed by atoms with E-state index in [-0.39, 0.29) is 6.04 Å². The van der Waals surface area contributed by atoms with Crippen molar-refractivity contribution in [3.8, 4) is 0 Å². The molecule has 5 heteroatoms. The van der Waals surface area contributed by atoms with E-state index in [9.17, 15) is 0 Å². The van der Waals surface area contributed by atoms with Crippen molar-refractivity contribution in [2.75, 3.05) is 26.3 Å². The average Bonchev–Trinajstić information content (AvgIpc) is 2.75. The number of ether oxygens (including phenoxy) is 1. The molecule has 19 heavy (non-hydrogen) atoms. The summed E-state index contributed by atoms with van der Waals surface area (Å²) in [4.78, 5) is 6.77. The predicted octanol–water partition coefficient (Wildman–Crippen LogP) is 2.43. The van der Waals surface area contributed by atoms with Crippen LogP contribution in [0.5, 0.6) is 0 Å². The Morgan fingerprint density at radius 2 is 2.16 bits per heavy atom. The van der Waals surface area contributed by atoms with E-state index in [4.69, 9.17) is 9.26 Å². The van der Waals surface area contributed by atoms with Crippen LogP contribution in [-0.4, -0.2) is 41.3 Å². The summed E-state index contributed by atoms with van der Waals surface area (Å²) in [5, 5.41) is 3.89. The average molecular weight is 267 g/mol. The molecule has 0 bridgehead atoms. The third-order valence-corrected chi connectivity index (χ3v) is 3.49. The van der Waals surface area contributed by atoms with Gasteiger partial charge < -0.3 is 9.26 Å². The number of rotatable bonds is 5. The van der Waals surface area contributed by atoms with Crippen LogP contribution in [0.3, 0.4) is 0 Å². The van der Waals surface area contributed by atoms with Gasteiger partial charge in [0.15, 0.2) is 5.82 Å². The molecule has 1 saturated heterocycles. The van der Waals surface area contributed by atoms with Crippen molar-refractivity contribution >= 4 is 0 Å². The van der Waals surface area contributed by atoms with Gasteiger partial charge in [0, 0.05) is 13.1 Å². The van der Waals surface area contributed by atoms with E-state index in [1.807, 2.05) is 6.92 Å². The third kappa shape index (κ3) is 4.01. The molecule has 5 nitrogen and oxygen atoms in total. The number of hydrogen-bond donors (Lipinski definition) is 0. The largest absolute Gasteiger partial charge is 0.378 e. The van der Waals surface area contributed by atoms with Crippen LogP contribution < -0.4 is 0 Å². The lowest BCUT2D eigenvalue weighted by atomic mass is 9.97. The molecule has 1 aromatic rings. The maximum absolute atomic E-state index is 5.57. The van der Waals surface area contributed by atoms with Crippen LogP contribution in [-0.2, 0) is 4.74 Å². The highest BCUT2D eigenvalue weighted by Crippen LogP contribution is 2.25. The van der Waals surface area contributed by atoms with E-state index >= 15 is 0 Å². The molecule has 0 spiro atoms. The molecule has 0 aliphatic carbocycles. The van der Waals surface area contributed by atoms with Crippen LogP contribution >= 0.6 is 0 Å². The fraction of sp³-hybridized carbons (Fsp3) is 0.857. The Kier molecular flexibility index (Phi) is 4.93. The Morgan fingerprint density at radius 1 is 1.37 bits per heavy atom. The van der Waals surface area contributed by atoms with Crippen LogP contribution in [0.25, 0.3) is 0 Å². The van der Waals surface area contributed by atoms with Crippen LogP contribution in [0.1, 0.15) is 44.9 Å². The van der Waals surface area contributed by atoms with Gasteiger partial charge in [-0.3, -0.25) is 4.90 Å². The van der Waals surface area contributed by atoms with E-state index in [0.717, 1.165) is 25.6 Å². The number of nitrogens with zero attached hydrogens (tertiary/aromatic N) is 3. The van der Waals surface area contributed by atoms with Crippen molar-refractivity contribution in [1.82, 2.24) is 15.0 Å². The van der Waals surface area contributed by atoms with Crippen molar-refractivity contribution in [2.45, 2.75) is 40.2 Å². The van der Waals surface area contributed by atoms with Gasteiger partial charge in [0.1, 0.15) is 6.04 Å². The van der Waals surface area contributed by atoms with E-state index in [0.29, 0.717) is 24.2 Å². The zero-order valence-corrected chi connectivity index (χ0v) is 12.4. The van der Waals surface area contributed by atoms with E-state index in [2.05, 4.69) is 35.8 Å². The lowest BCUT2D eigenvalue weighted by Crippen LogP contribution is -2.42. The molecule has 2 heterocycles. The summed E-state index contributed by atoms with van der Waals surface area (Å²) in [6.07, 6.45) is 1.24. The lowest BCUT2D eigenvalue weighted by Gasteiger charge is -2.35. The van der Waals surface area contributed by atoms with E-state index in [1.165, 1.54) is 6.42 Å². The first-order chi connectivity index (χ1) is 9.06. The van der Waals surface area contributed by atoms with Gasteiger partial charge in [0.05, 0.1) is 13.2 Å². The molecule has 2 atom stereocenters. The normalized spacial score (nSPS) is 22.9. The van der Waals surface area contributed by atoms with E-state index < -0.39 is 0 Å². The maximum atomic E-state index is 5.57. The van der Waals surface area contributed by atoms with Crippen molar-refractivity contribution in [1.29, 1.82) is 0 Å². The Morgan fingerprint density at radius 3 is 2.79 bits per heavy atom. The molecule has 0 N–H and O–H groups in total. The molecule has 0 aromatic carbocycles. The van der Waals surface area contributed by atoms with Gasteiger partial charge in [0.2, 0.25) is 5.89 Å². The SMILES string of the molecule is Cc1noc([C@H]2COCCN2C[C@@H](C)CC(C)C)n1. The van der Waals surface area contributed by atoms with Gasteiger partial charge >= 0.3 is 0 Å². The molecule has 1 aromatic heterocycles. The summed E-state index contributed by atoms with van der Waals surface area (Å²) in [6, 6.07) is 0.115. The van der Waals surface area contributed by atoms with Gasteiger partial charge in [0.25, 0.3) is 0 Å². The second kappa shape index (κ2) is 6.48. The minimum Gasteiger partial charge on any atom is -0.378 e. The van der Waals surface area contributed by atoms with Crippen LogP contribution in [0, 0.1) is 18.8 Å². The summed E-state index contributed by atoms with van der Waals surface area (Å²) in [7, 11) is 0. The van der Waals surface area contributed by atoms with Gasteiger partial charge in [-0.15, -0.1) is 0 Å². The molecule has 0 saturated carbocycles. The topological polar surface area (TPSA) is 51.4 Å². The molecule has 0 amide bonds. The highest BCUT2D eigenvalue weighted by molar-refractivity contribution is 4.94. The van der Waals surface area contributed by atoms with Crippen molar-refractivity contribution < 1.29 is 9.26 Å². The molecule has 1 aliphatic rings. The predicted molar refractivity (Wildman–Crippen MR) is 72.8 cm³/mol. The Hall–Kier alpha value is -0.940. The van der Waals surface area contributed by atoms with E-state index in [1.54, 1.807) is 0 Å². The second-order valence-electron chi connectivity index (χ2n) is 6.00. The Bertz CT molecular complexity index is 392. The summed E-state index contributed by atoms with van der Waals surface area (Å²) in [5.41, 5.74) is 0. The van der Waals surface area contributed by atoms with Crippen LogP contribution in [0.4, 0.5) is 0 Å². The number of aryl methyl sites for hydroxylation is 1. The number of aromatic nitrogens is 2. The lowest BCUT2D eigenvalue weighted by molar-refractivity contribution is -0.0265. The quantitative estimate of drug-likeness (QED) is 0.820. The zero-order valence-electron chi connectivity index (χ0n) is 12.4. The van der Waals surface area contributed by atoms with Gasteiger partial charge in [-0.25, -0.2) is 0 Å². The first-order valence-electron chi connectivity index (χ1n) is 7.18. The van der Waals surface area contributed by atoms with Crippen LogP contribution in [0.2, 0.25) is 0 Å². The maximum Gasteiger partial charge on any atom is 0.246 e. The van der Waals surface area contributed by atoms with Crippen molar-refractivity contribution in [2.24, 2.45) is 11.8 Å². The van der Waals surface area contributed by atoms with Crippen molar-refractivity contribution in [3.63, 3.8) is 0 Å².